The highest BCUT2D eigenvalue weighted by Gasteiger charge is 2.21. The number of aromatic amines is 1. The van der Waals surface area contributed by atoms with E-state index in [1.165, 1.54) is 17.7 Å². The van der Waals surface area contributed by atoms with Crippen molar-refractivity contribution < 1.29 is 13.9 Å². The van der Waals surface area contributed by atoms with E-state index >= 15 is 0 Å². The van der Waals surface area contributed by atoms with Crippen molar-refractivity contribution in [2.24, 2.45) is 0 Å². The molecular weight excluding hydrogens is 345 g/mol. The van der Waals surface area contributed by atoms with Gasteiger partial charge in [-0.1, -0.05) is 30.3 Å². The van der Waals surface area contributed by atoms with E-state index in [-0.39, 0.29) is 17.8 Å². The molecule has 140 valence electrons. The SMILES string of the molecule is O=C(NC[C@@H]1CN(Cc2ccccc2)CCO1)c1cc2cc(F)ccc2[nH]1. The summed E-state index contributed by atoms with van der Waals surface area (Å²) in [4.78, 5) is 17.8. The zero-order valence-electron chi connectivity index (χ0n) is 15.0. The zero-order valence-corrected chi connectivity index (χ0v) is 15.0. The quantitative estimate of drug-likeness (QED) is 0.729. The molecule has 0 saturated carbocycles. The minimum Gasteiger partial charge on any atom is -0.374 e. The summed E-state index contributed by atoms with van der Waals surface area (Å²) in [6, 6.07) is 16.4. The number of hydrogen-bond donors (Lipinski definition) is 2. The summed E-state index contributed by atoms with van der Waals surface area (Å²) in [5, 5.41) is 3.60. The summed E-state index contributed by atoms with van der Waals surface area (Å²) in [5.74, 6) is -0.530. The maximum absolute atomic E-state index is 13.3. The van der Waals surface area contributed by atoms with Crippen LogP contribution in [0.15, 0.2) is 54.6 Å². The third kappa shape index (κ3) is 4.35. The molecule has 0 unspecified atom stereocenters. The molecule has 2 N–H and O–H groups in total. The highest BCUT2D eigenvalue weighted by Crippen LogP contribution is 2.17. The van der Waals surface area contributed by atoms with Gasteiger partial charge < -0.3 is 15.0 Å². The van der Waals surface area contributed by atoms with Crippen molar-refractivity contribution in [2.75, 3.05) is 26.2 Å². The molecule has 0 spiro atoms. The van der Waals surface area contributed by atoms with Crippen molar-refractivity contribution in [3.63, 3.8) is 0 Å². The molecule has 0 aliphatic carbocycles. The molecule has 5 nitrogen and oxygen atoms in total. The molecule has 1 saturated heterocycles. The second-order valence-corrected chi connectivity index (χ2v) is 6.84. The average molecular weight is 367 g/mol. The minimum absolute atomic E-state index is 0.0479. The van der Waals surface area contributed by atoms with Gasteiger partial charge >= 0.3 is 0 Å². The Morgan fingerprint density at radius 2 is 2.07 bits per heavy atom. The number of aromatic nitrogens is 1. The number of morpholine rings is 1. The van der Waals surface area contributed by atoms with Crippen LogP contribution in [0, 0.1) is 5.82 Å². The topological polar surface area (TPSA) is 57.4 Å². The van der Waals surface area contributed by atoms with Crippen LogP contribution in [0.25, 0.3) is 10.9 Å². The summed E-state index contributed by atoms with van der Waals surface area (Å²) in [6.07, 6.45) is -0.0479. The molecule has 6 heteroatoms. The smallest absolute Gasteiger partial charge is 0.267 e. The first-order valence-electron chi connectivity index (χ1n) is 9.12. The summed E-state index contributed by atoms with van der Waals surface area (Å²) in [7, 11) is 0. The van der Waals surface area contributed by atoms with Gasteiger partial charge in [0, 0.05) is 37.1 Å². The summed E-state index contributed by atoms with van der Waals surface area (Å²) in [6.45, 7) is 3.62. The number of carbonyl (C=O) groups is 1. The Morgan fingerprint density at radius 1 is 1.22 bits per heavy atom. The predicted octanol–water partition coefficient (Wildman–Crippen LogP) is 2.94. The summed E-state index contributed by atoms with van der Waals surface area (Å²) in [5.41, 5.74) is 2.43. The van der Waals surface area contributed by atoms with E-state index in [9.17, 15) is 9.18 Å². The second-order valence-electron chi connectivity index (χ2n) is 6.84. The zero-order chi connectivity index (χ0) is 18.6. The monoisotopic (exact) mass is 367 g/mol. The molecule has 1 fully saturated rings. The largest absolute Gasteiger partial charge is 0.374 e. The Kier molecular flexibility index (Phi) is 5.18. The van der Waals surface area contributed by atoms with Gasteiger partial charge in [-0.05, 0) is 29.8 Å². The number of benzene rings is 2. The van der Waals surface area contributed by atoms with Crippen LogP contribution in [0.4, 0.5) is 4.39 Å². The summed E-state index contributed by atoms with van der Waals surface area (Å²) >= 11 is 0. The van der Waals surface area contributed by atoms with E-state index in [0.29, 0.717) is 24.2 Å². The first-order chi connectivity index (χ1) is 13.2. The van der Waals surface area contributed by atoms with Crippen molar-refractivity contribution >= 4 is 16.8 Å². The number of rotatable bonds is 5. The molecule has 1 atom stereocenters. The van der Waals surface area contributed by atoms with Gasteiger partial charge in [0.25, 0.3) is 5.91 Å². The molecule has 27 heavy (non-hydrogen) atoms. The van der Waals surface area contributed by atoms with E-state index in [1.807, 2.05) is 18.2 Å². The van der Waals surface area contributed by atoms with Gasteiger partial charge in [0.05, 0.1) is 12.7 Å². The van der Waals surface area contributed by atoms with Gasteiger partial charge in [0.15, 0.2) is 0 Å². The fraction of sp³-hybridized carbons (Fsp3) is 0.286. The molecular formula is C21H22FN3O2. The average Bonchev–Trinajstić information content (AvgIpc) is 3.10. The lowest BCUT2D eigenvalue weighted by atomic mass is 10.2. The standard InChI is InChI=1S/C21H22FN3O2/c22-17-6-7-19-16(10-17)11-20(24-19)21(26)23-12-18-14-25(8-9-27-18)13-15-4-2-1-3-5-15/h1-7,10-11,18,24H,8-9,12-14H2,(H,23,26)/t18-/m1/s1. The lowest BCUT2D eigenvalue weighted by Gasteiger charge is -2.33. The molecule has 2 aromatic carbocycles. The summed E-state index contributed by atoms with van der Waals surface area (Å²) < 4.78 is 19.1. The molecule has 1 aliphatic heterocycles. The highest BCUT2D eigenvalue weighted by molar-refractivity contribution is 5.98. The number of halogens is 1. The van der Waals surface area contributed by atoms with Crippen molar-refractivity contribution in [1.82, 2.24) is 15.2 Å². The second kappa shape index (κ2) is 7.90. The maximum Gasteiger partial charge on any atom is 0.267 e. The lowest BCUT2D eigenvalue weighted by Crippen LogP contribution is -2.47. The fourth-order valence-corrected chi connectivity index (χ4v) is 3.42. The van der Waals surface area contributed by atoms with E-state index in [0.717, 1.165) is 25.2 Å². The Bertz CT molecular complexity index is 926. The Morgan fingerprint density at radius 3 is 2.93 bits per heavy atom. The third-order valence-electron chi connectivity index (χ3n) is 4.79. The molecule has 4 rings (SSSR count). The highest BCUT2D eigenvalue weighted by atomic mass is 19.1. The van der Waals surface area contributed by atoms with Crippen LogP contribution in [0.2, 0.25) is 0 Å². The minimum atomic E-state index is -0.317. The van der Waals surface area contributed by atoms with E-state index in [2.05, 4.69) is 27.3 Å². The number of nitrogens with zero attached hydrogens (tertiary/aromatic N) is 1. The number of hydrogen-bond acceptors (Lipinski definition) is 3. The molecule has 1 aliphatic rings. The van der Waals surface area contributed by atoms with Gasteiger partial charge in [-0.2, -0.15) is 0 Å². The van der Waals surface area contributed by atoms with Gasteiger partial charge in [-0.15, -0.1) is 0 Å². The van der Waals surface area contributed by atoms with E-state index in [1.54, 1.807) is 12.1 Å². The van der Waals surface area contributed by atoms with Crippen LogP contribution in [-0.2, 0) is 11.3 Å². The number of ether oxygens (including phenoxy) is 1. The number of carbonyl (C=O) groups excluding carboxylic acids is 1. The first kappa shape index (κ1) is 17.7. The van der Waals surface area contributed by atoms with Crippen molar-refractivity contribution in [2.45, 2.75) is 12.6 Å². The van der Waals surface area contributed by atoms with Crippen molar-refractivity contribution in [1.29, 1.82) is 0 Å². The molecule has 3 aromatic rings. The van der Waals surface area contributed by atoms with Gasteiger partial charge in [-0.3, -0.25) is 9.69 Å². The van der Waals surface area contributed by atoms with Crippen LogP contribution in [0.3, 0.4) is 0 Å². The molecule has 0 radical (unpaired) electrons. The number of fused-ring (bicyclic) bond motifs is 1. The lowest BCUT2D eigenvalue weighted by molar-refractivity contribution is -0.0292. The van der Waals surface area contributed by atoms with Crippen molar-refractivity contribution in [3.8, 4) is 0 Å². The molecule has 0 bridgehead atoms. The van der Waals surface area contributed by atoms with E-state index < -0.39 is 0 Å². The molecule has 1 amide bonds. The van der Waals surface area contributed by atoms with Crippen LogP contribution in [-0.4, -0.2) is 48.1 Å². The number of nitrogens with one attached hydrogen (secondary N) is 2. The third-order valence-corrected chi connectivity index (χ3v) is 4.79. The first-order valence-corrected chi connectivity index (χ1v) is 9.12. The number of H-pyrrole nitrogens is 1. The maximum atomic E-state index is 13.3. The Balaban J connectivity index is 1.32. The van der Waals surface area contributed by atoms with Gasteiger partial charge in [0.2, 0.25) is 0 Å². The van der Waals surface area contributed by atoms with Crippen LogP contribution < -0.4 is 5.32 Å². The van der Waals surface area contributed by atoms with Crippen molar-refractivity contribution in [3.05, 3.63) is 71.7 Å². The predicted molar refractivity (Wildman–Crippen MR) is 102 cm³/mol. The molecule has 1 aromatic heterocycles. The molecule has 2 heterocycles. The normalized spacial score (nSPS) is 17.9. The Hall–Kier alpha value is -2.70. The van der Waals surface area contributed by atoms with Crippen LogP contribution in [0.5, 0.6) is 0 Å². The van der Waals surface area contributed by atoms with Crippen LogP contribution >= 0.6 is 0 Å². The number of amides is 1. The fourth-order valence-electron chi connectivity index (χ4n) is 3.42. The van der Waals surface area contributed by atoms with Gasteiger partial charge in [-0.25, -0.2) is 4.39 Å². The van der Waals surface area contributed by atoms with Gasteiger partial charge in [0.1, 0.15) is 11.5 Å². The van der Waals surface area contributed by atoms with Crippen LogP contribution in [0.1, 0.15) is 16.1 Å². The van der Waals surface area contributed by atoms with E-state index in [4.69, 9.17) is 4.74 Å². The Labute approximate surface area is 157 Å².